The van der Waals surface area contributed by atoms with Gasteiger partial charge in [0.1, 0.15) is 11.4 Å². The summed E-state index contributed by atoms with van der Waals surface area (Å²) in [5.41, 5.74) is 2.77. The molecule has 3 rings (SSSR count). The Hall–Kier alpha value is -2.39. The fourth-order valence-corrected chi connectivity index (χ4v) is 2.66. The van der Waals surface area contributed by atoms with E-state index in [-0.39, 0.29) is 5.75 Å². The molecule has 0 atom stereocenters. The molecule has 0 radical (unpaired) electrons. The van der Waals surface area contributed by atoms with Gasteiger partial charge in [0.2, 0.25) is 0 Å². The summed E-state index contributed by atoms with van der Waals surface area (Å²) in [6, 6.07) is 19.4. The third-order valence-electron chi connectivity index (χ3n) is 2.93. The molecule has 2 nitrogen and oxygen atoms in total. The van der Waals surface area contributed by atoms with Crippen molar-refractivity contribution in [1.29, 1.82) is 0 Å². The summed E-state index contributed by atoms with van der Waals surface area (Å²) in [5, 5.41) is 11.7. The molecule has 2 aromatic carbocycles. The molecule has 0 saturated heterocycles. The van der Waals surface area contributed by atoms with Gasteiger partial charge in [-0.05, 0) is 40.8 Å². The summed E-state index contributed by atoms with van der Waals surface area (Å²) in [4.78, 5) is 5.57. The minimum absolute atomic E-state index is 0.193. The highest BCUT2D eigenvalue weighted by Gasteiger charge is 1.99. The smallest absolute Gasteiger partial charge is 0.141 e. The third kappa shape index (κ3) is 2.78. The zero-order chi connectivity index (χ0) is 13.8. The van der Waals surface area contributed by atoms with E-state index >= 15 is 0 Å². The molecule has 0 spiro atoms. The van der Waals surface area contributed by atoms with Gasteiger partial charge in [0.25, 0.3) is 0 Å². The first-order valence-electron chi connectivity index (χ1n) is 6.29. The molecule has 1 heterocycles. The molecule has 0 aliphatic carbocycles. The van der Waals surface area contributed by atoms with Crippen LogP contribution in [0.2, 0.25) is 0 Å². The van der Waals surface area contributed by atoms with E-state index in [1.807, 2.05) is 24.3 Å². The van der Waals surface area contributed by atoms with Crippen LogP contribution in [-0.2, 0) is 0 Å². The highest BCUT2D eigenvalue weighted by molar-refractivity contribution is 7.13. The number of hydrogen-bond acceptors (Lipinski definition) is 3. The Balaban J connectivity index is 1.89. The Morgan fingerprint density at radius 1 is 0.950 bits per heavy atom. The fourth-order valence-electron chi connectivity index (χ4n) is 1.93. The van der Waals surface area contributed by atoms with Crippen molar-refractivity contribution in [3.63, 3.8) is 0 Å². The molecule has 0 fully saturated rings. The molecular weight excluding hydrogens is 266 g/mol. The van der Waals surface area contributed by atoms with Gasteiger partial charge in [-0.15, -0.1) is 11.3 Å². The predicted octanol–water partition coefficient (Wildman–Crippen LogP) is 4.87. The summed E-state index contributed by atoms with van der Waals surface area (Å²) in [6.07, 6.45) is 1.77. The van der Waals surface area contributed by atoms with Crippen LogP contribution in [0.25, 0.3) is 10.4 Å². The number of aromatic hydroxyl groups is 1. The van der Waals surface area contributed by atoms with Crippen molar-refractivity contribution in [2.24, 2.45) is 4.99 Å². The number of phenols is 1. The summed E-state index contributed by atoms with van der Waals surface area (Å²) >= 11 is 1.72. The first kappa shape index (κ1) is 12.6. The molecule has 3 aromatic rings. The van der Waals surface area contributed by atoms with Crippen LogP contribution < -0.4 is 0 Å². The lowest BCUT2D eigenvalue weighted by atomic mass is 10.1. The van der Waals surface area contributed by atoms with Gasteiger partial charge >= 0.3 is 0 Å². The molecule has 0 unspecified atom stereocenters. The summed E-state index contributed by atoms with van der Waals surface area (Å²) in [7, 11) is 0. The van der Waals surface area contributed by atoms with Gasteiger partial charge in [0, 0.05) is 11.1 Å². The van der Waals surface area contributed by atoms with Crippen molar-refractivity contribution in [2.45, 2.75) is 0 Å². The van der Waals surface area contributed by atoms with E-state index in [9.17, 15) is 5.11 Å². The van der Waals surface area contributed by atoms with Gasteiger partial charge in [-0.2, -0.15) is 0 Å². The van der Waals surface area contributed by atoms with Crippen LogP contribution >= 0.6 is 11.3 Å². The maximum atomic E-state index is 9.68. The fraction of sp³-hybridized carbons (Fsp3) is 0. The van der Waals surface area contributed by atoms with Crippen LogP contribution in [0, 0.1) is 0 Å². The van der Waals surface area contributed by atoms with Crippen molar-refractivity contribution >= 4 is 23.2 Å². The van der Waals surface area contributed by atoms with Crippen LogP contribution in [0.15, 0.2) is 71.0 Å². The third-order valence-corrected chi connectivity index (χ3v) is 3.85. The predicted molar refractivity (Wildman–Crippen MR) is 85.1 cm³/mol. The lowest BCUT2D eigenvalue weighted by molar-refractivity contribution is 0.477. The molecule has 0 bridgehead atoms. The molecule has 0 saturated carbocycles. The molecule has 0 amide bonds. The topological polar surface area (TPSA) is 32.6 Å². The number of phenolic OH excluding ortho intramolecular Hbond substituents is 1. The highest BCUT2D eigenvalue weighted by atomic mass is 32.1. The normalized spacial score (nSPS) is 11.0. The van der Waals surface area contributed by atoms with Gasteiger partial charge < -0.3 is 5.11 Å². The van der Waals surface area contributed by atoms with Crippen LogP contribution in [0.4, 0.5) is 5.69 Å². The van der Waals surface area contributed by atoms with Gasteiger partial charge in [0.05, 0.1) is 0 Å². The van der Waals surface area contributed by atoms with Gasteiger partial charge in [0.15, 0.2) is 0 Å². The monoisotopic (exact) mass is 279 g/mol. The molecule has 1 aromatic heterocycles. The number of rotatable bonds is 3. The number of nitrogens with zero attached hydrogens (tertiary/aromatic N) is 1. The Labute approximate surface area is 121 Å². The van der Waals surface area contributed by atoms with Crippen molar-refractivity contribution < 1.29 is 5.11 Å². The SMILES string of the molecule is Oc1ccccc1N=Cc1cccc(-c2cccs2)c1. The Morgan fingerprint density at radius 3 is 2.65 bits per heavy atom. The first-order chi connectivity index (χ1) is 9.83. The Kier molecular flexibility index (Phi) is 3.61. The lowest BCUT2D eigenvalue weighted by Gasteiger charge is -2.00. The molecule has 0 aliphatic heterocycles. The number of thiophene rings is 1. The molecule has 3 heteroatoms. The summed E-state index contributed by atoms with van der Waals surface area (Å²) < 4.78 is 0. The van der Waals surface area contributed by atoms with Crippen LogP contribution in [-0.4, -0.2) is 11.3 Å². The van der Waals surface area contributed by atoms with Crippen LogP contribution in [0.5, 0.6) is 5.75 Å². The van der Waals surface area contributed by atoms with Gasteiger partial charge in [-0.3, -0.25) is 4.99 Å². The maximum Gasteiger partial charge on any atom is 0.141 e. The Bertz CT molecular complexity index is 732. The van der Waals surface area contributed by atoms with Crippen molar-refractivity contribution in [1.82, 2.24) is 0 Å². The van der Waals surface area contributed by atoms with E-state index in [4.69, 9.17) is 0 Å². The largest absolute Gasteiger partial charge is 0.506 e. The summed E-state index contributed by atoms with van der Waals surface area (Å²) in [6.45, 7) is 0. The molecule has 1 N–H and O–H groups in total. The van der Waals surface area contributed by atoms with E-state index in [0.29, 0.717) is 5.69 Å². The minimum atomic E-state index is 0.193. The number of hydrogen-bond donors (Lipinski definition) is 1. The average molecular weight is 279 g/mol. The van der Waals surface area contributed by atoms with Crippen molar-refractivity contribution in [3.05, 3.63) is 71.6 Å². The zero-order valence-corrected chi connectivity index (χ0v) is 11.5. The molecule has 0 aliphatic rings. The highest BCUT2D eigenvalue weighted by Crippen LogP contribution is 2.26. The van der Waals surface area contributed by atoms with Crippen LogP contribution in [0.1, 0.15) is 5.56 Å². The number of benzene rings is 2. The van der Waals surface area contributed by atoms with Gasteiger partial charge in [-0.1, -0.05) is 36.4 Å². The van der Waals surface area contributed by atoms with E-state index in [1.165, 1.54) is 10.4 Å². The van der Waals surface area contributed by atoms with Crippen molar-refractivity contribution in [3.8, 4) is 16.2 Å². The van der Waals surface area contributed by atoms with E-state index < -0.39 is 0 Å². The molecular formula is C17H13NOS. The summed E-state index contributed by atoms with van der Waals surface area (Å²) in [5.74, 6) is 0.193. The minimum Gasteiger partial charge on any atom is -0.506 e. The van der Waals surface area contributed by atoms with E-state index in [2.05, 4.69) is 28.6 Å². The standard InChI is InChI=1S/C17H13NOS/c19-16-8-2-1-7-15(16)18-12-13-5-3-6-14(11-13)17-9-4-10-20-17/h1-12,19H. The maximum absolute atomic E-state index is 9.68. The second kappa shape index (κ2) is 5.72. The molecule has 98 valence electrons. The average Bonchev–Trinajstić information content (AvgIpc) is 3.01. The number of para-hydroxylation sites is 2. The van der Waals surface area contributed by atoms with Crippen molar-refractivity contribution in [2.75, 3.05) is 0 Å². The van der Waals surface area contributed by atoms with E-state index in [0.717, 1.165) is 5.56 Å². The second-order valence-electron chi connectivity index (χ2n) is 4.35. The van der Waals surface area contributed by atoms with E-state index in [1.54, 1.807) is 35.8 Å². The number of aliphatic imine (C=N–C) groups is 1. The lowest BCUT2D eigenvalue weighted by Crippen LogP contribution is -1.81. The zero-order valence-electron chi connectivity index (χ0n) is 10.7. The van der Waals surface area contributed by atoms with Gasteiger partial charge in [-0.25, -0.2) is 0 Å². The first-order valence-corrected chi connectivity index (χ1v) is 7.17. The van der Waals surface area contributed by atoms with Crippen LogP contribution in [0.3, 0.4) is 0 Å². The molecule has 20 heavy (non-hydrogen) atoms. The Morgan fingerprint density at radius 2 is 1.85 bits per heavy atom. The second-order valence-corrected chi connectivity index (χ2v) is 5.30. The quantitative estimate of drug-likeness (QED) is 0.681.